The first-order valence-electron chi connectivity index (χ1n) is 7.99. The van der Waals surface area contributed by atoms with Gasteiger partial charge in [-0.05, 0) is 30.7 Å². The van der Waals surface area contributed by atoms with Crippen LogP contribution in [0.4, 0.5) is 5.69 Å². The van der Waals surface area contributed by atoms with Gasteiger partial charge in [0.25, 0.3) is 5.69 Å². The Morgan fingerprint density at radius 1 is 1.15 bits per heavy atom. The summed E-state index contributed by atoms with van der Waals surface area (Å²) in [6, 6.07) is 12.0. The molecule has 1 atom stereocenters. The first kappa shape index (κ1) is 18.7. The van der Waals surface area contributed by atoms with Crippen LogP contribution in [0.3, 0.4) is 0 Å². The quantitative estimate of drug-likeness (QED) is 0.475. The van der Waals surface area contributed by atoms with Gasteiger partial charge in [-0.1, -0.05) is 24.3 Å². The number of rotatable bonds is 6. The van der Waals surface area contributed by atoms with Crippen LogP contribution in [0.25, 0.3) is 5.69 Å². The summed E-state index contributed by atoms with van der Waals surface area (Å²) in [5.41, 5.74) is 1.08. The zero-order valence-electron chi connectivity index (χ0n) is 14.6. The van der Waals surface area contributed by atoms with E-state index < -0.39 is 26.7 Å². The second kappa shape index (κ2) is 7.25. The van der Waals surface area contributed by atoms with Gasteiger partial charge in [0, 0.05) is 19.2 Å². The molecule has 0 amide bonds. The van der Waals surface area contributed by atoms with Gasteiger partial charge in [0.15, 0.2) is 4.90 Å². The van der Waals surface area contributed by atoms with Crippen LogP contribution in [-0.4, -0.2) is 39.5 Å². The predicted molar refractivity (Wildman–Crippen MR) is 97.8 cm³/mol. The second-order valence-electron chi connectivity index (χ2n) is 5.85. The van der Waals surface area contributed by atoms with E-state index in [0.29, 0.717) is 0 Å². The van der Waals surface area contributed by atoms with Gasteiger partial charge < -0.3 is 0 Å². The monoisotopic (exact) mass is 387 g/mol. The number of nitrogens with zero attached hydrogens (tertiary/aromatic N) is 5. The van der Waals surface area contributed by atoms with Crippen LogP contribution in [-0.2, 0) is 10.0 Å². The van der Waals surface area contributed by atoms with E-state index in [2.05, 4.69) is 10.1 Å². The fraction of sp³-hybridized carbons (Fsp3) is 0.176. The summed E-state index contributed by atoms with van der Waals surface area (Å²) < 4.78 is 28.6. The Morgan fingerprint density at radius 3 is 2.41 bits per heavy atom. The van der Waals surface area contributed by atoms with Crippen LogP contribution < -0.4 is 0 Å². The van der Waals surface area contributed by atoms with Gasteiger partial charge in [0.05, 0.1) is 10.6 Å². The Labute approximate surface area is 156 Å². The number of hydrogen-bond donors (Lipinski definition) is 0. The summed E-state index contributed by atoms with van der Waals surface area (Å²) >= 11 is 0. The van der Waals surface area contributed by atoms with Crippen molar-refractivity contribution < 1.29 is 13.3 Å². The summed E-state index contributed by atoms with van der Waals surface area (Å²) in [6.45, 7) is 1.72. The minimum absolute atomic E-state index is 0.330. The fourth-order valence-corrected chi connectivity index (χ4v) is 4.15. The standard InChI is InChI=1S/C17H17N5O4S/c1-13(14-7-9-15(10-8-14)21-12-18-11-19-21)20(2)27(25,26)17-6-4-3-5-16(17)22(23)24/h3-13H,1-2H3. The number of aromatic nitrogens is 3. The van der Waals surface area contributed by atoms with Crippen molar-refractivity contribution in [1.29, 1.82) is 0 Å². The number of hydrogen-bond acceptors (Lipinski definition) is 6. The van der Waals surface area contributed by atoms with E-state index in [9.17, 15) is 18.5 Å². The maximum Gasteiger partial charge on any atom is 0.289 e. The highest BCUT2D eigenvalue weighted by atomic mass is 32.2. The molecule has 0 bridgehead atoms. The van der Waals surface area contributed by atoms with Gasteiger partial charge in [-0.15, -0.1) is 0 Å². The lowest BCUT2D eigenvalue weighted by Crippen LogP contribution is -2.30. The second-order valence-corrected chi connectivity index (χ2v) is 7.82. The lowest BCUT2D eigenvalue weighted by atomic mass is 10.1. The maximum absolute atomic E-state index is 12.9. The van der Waals surface area contributed by atoms with Crippen LogP contribution in [0.1, 0.15) is 18.5 Å². The average Bonchev–Trinajstić information content (AvgIpc) is 3.21. The molecule has 140 valence electrons. The van der Waals surface area contributed by atoms with Crippen LogP contribution in [0.15, 0.2) is 66.1 Å². The van der Waals surface area contributed by atoms with E-state index in [0.717, 1.165) is 15.6 Å². The number of sulfonamides is 1. The molecule has 3 rings (SSSR count). The maximum atomic E-state index is 12.9. The molecular formula is C17H17N5O4S. The molecule has 10 heteroatoms. The summed E-state index contributed by atoms with van der Waals surface area (Å²) in [4.78, 5) is 14.0. The molecule has 0 aliphatic heterocycles. The highest BCUT2D eigenvalue weighted by Crippen LogP contribution is 2.30. The minimum Gasteiger partial charge on any atom is -0.258 e. The van der Waals surface area contributed by atoms with Gasteiger partial charge in [-0.3, -0.25) is 10.1 Å². The third kappa shape index (κ3) is 3.57. The fourth-order valence-electron chi connectivity index (χ4n) is 2.65. The van der Waals surface area contributed by atoms with Crippen LogP contribution in [0.2, 0.25) is 0 Å². The Kier molecular flexibility index (Phi) is 5.02. The molecule has 0 saturated heterocycles. The van der Waals surface area contributed by atoms with E-state index in [1.807, 2.05) is 0 Å². The predicted octanol–water partition coefficient (Wildman–Crippen LogP) is 2.56. The molecule has 27 heavy (non-hydrogen) atoms. The van der Waals surface area contributed by atoms with Crippen molar-refractivity contribution in [2.45, 2.75) is 17.9 Å². The van der Waals surface area contributed by atoms with Gasteiger partial charge in [-0.2, -0.15) is 9.40 Å². The molecule has 1 heterocycles. The van der Waals surface area contributed by atoms with Crippen molar-refractivity contribution in [3.05, 3.63) is 76.9 Å². The van der Waals surface area contributed by atoms with E-state index in [4.69, 9.17) is 0 Å². The van der Waals surface area contributed by atoms with E-state index in [1.165, 1.54) is 37.6 Å². The summed E-state index contributed by atoms with van der Waals surface area (Å²) in [5, 5.41) is 15.2. The van der Waals surface area contributed by atoms with E-state index in [1.54, 1.807) is 42.2 Å². The third-order valence-electron chi connectivity index (χ3n) is 4.32. The van der Waals surface area contributed by atoms with Crippen molar-refractivity contribution in [3.63, 3.8) is 0 Å². The van der Waals surface area contributed by atoms with Crippen LogP contribution >= 0.6 is 0 Å². The molecule has 0 aliphatic rings. The summed E-state index contributed by atoms with van der Waals surface area (Å²) in [5.74, 6) is 0. The molecule has 2 aromatic carbocycles. The smallest absolute Gasteiger partial charge is 0.258 e. The molecule has 9 nitrogen and oxygen atoms in total. The molecule has 0 radical (unpaired) electrons. The summed E-state index contributed by atoms with van der Waals surface area (Å²) in [7, 11) is -2.65. The third-order valence-corrected chi connectivity index (χ3v) is 6.30. The first-order chi connectivity index (χ1) is 12.8. The largest absolute Gasteiger partial charge is 0.289 e. The molecule has 1 unspecified atom stereocenters. The van der Waals surface area contributed by atoms with Gasteiger partial charge in [0.2, 0.25) is 10.0 Å². The Bertz CT molecular complexity index is 1050. The van der Waals surface area contributed by atoms with Crippen molar-refractivity contribution in [1.82, 2.24) is 19.1 Å². The number of benzene rings is 2. The molecule has 3 aromatic rings. The van der Waals surface area contributed by atoms with Crippen molar-refractivity contribution >= 4 is 15.7 Å². The highest BCUT2D eigenvalue weighted by molar-refractivity contribution is 7.89. The Morgan fingerprint density at radius 2 is 1.81 bits per heavy atom. The normalized spacial score (nSPS) is 12.9. The number of nitro groups is 1. The first-order valence-corrected chi connectivity index (χ1v) is 9.43. The topological polar surface area (TPSA) is 111 Å². The van der Waals surface area contributed by atoms with Gasteiger partial charge >= 0.3 is 0 Å². The Hall–Kier alpha value is -3.11. The molecule has 0 fully saturated rings. The SMILES string of the molecule is CC(c1ccc(-n2cncn2)cc1)N(C)S(=O)(=O)c1ccccc1[N+](=O)[O-]. The molecule has 0 aliphatic carbocycles. The minimum atomic E-state index is -4.05. The lowest BCUT2D eigenvalue weighted by molar-refractivity contribution is -0.387. The Balaban J connectivity index is 1.90. The van der Waals surface area contributed by atoms with E-state index in [-0.39, 0.29) is 4.90 Å². The zero-order chi connectivity index (χ0) is 19.6. The molecule has 0 saturated carbocycles. The van der Waals surface area contributed by atoms with Gasteiger partial charge in [0.1, 0.15) is 12.7 Å². The number of para-hydroxylation sites is 1. The zero-order valence-corrected chi connectivity index (χ0v) is 15.4. The van der Waals surface area contributed by atoms with Crippen molar-refractivity contribution in [3.8, 4) is 5.69 Å². The van der Waals surface area contributed by atoms with Crippen LogP contribution in [0.5, 0.6) is 0 Å². The van der Waals surface area contributed by atoms with Crippen molar-refractivity contribution in [2.24, 2.45) is 0 Å². The average molecular weight is 387 g/mol. The van der Waals surface area contributed by atoms with Crippen LogP contribution in [0, 0.1) is 10.1 Å². The van der Waals surface area contributed by atoms with E-state index >= 15 is 0 Å². The molecule has 0 spiro atoms. The molecular weight excluding hydrogens is 370 g/mol. The highest BCUT2D eigenvalue weighted by Gasteiger charge is 2.32. The summed E-state index contributed by atoms with van der Waals surface area (Å²) in [6.07, 6.45) is 2.98. The lowest BCUT2D eigenvalue weighted by Gasteiger charge is -2.24. The number of nitro benzene ring substituents is 1. The van der Waals surface area contributed by atoms with Crippen molar-refractivity contribution in [2.75, 3.05) is 7.05 Å². The molecule has 0 N–H and O–H groups in total. The molecule has 1 aromatic heterocycles. The van der Waals surface area contributed by atoms with Gasteiger partial charge in [-0.25, -0.2) is 18.1 Å².